The zero-order chi connectivity index (χ0) is 53.2. The van der Waals surface area contributed by atoms with E-state index in [1.165, 1.54) is 107 Å². The molecule has 0 N–H and O–H groups in total. The lowest BCUT2D eigenvalue weighted by atomic mass is 9.66. The van der Waals surface area contributed by atoms with E-state index in [1.807, 2.05) is 0 Å². The molecule has 3 aliphatic rings. The van der Waals surface area contributed by atoms with Gasteiger partial charge >= 0.3 is 0 Å². The number of nitrogens with zero attached hydrogens (tertiary/aromatic N) is 1. The average molecular weight is 990 g/mol. The second kappa shape index (κ2) is 17.7. The van der Waals surface area contributed by atoms with Crippen LogP contribution in [0.1, 0.15) is 174 Å². The zero-order valence-corrected chi connectivity index (χ0v) is 47.1. The predicted molar refractivity (Wildman–Crippen MR) is 323 cm³/mol. The monoisotopic (exact) mass is 990 g/mol. The molecule has 3 aliphatic carbocycles. The second-order valence-electron chi connectivity index (χ2n) is 26.6. The topological polar surface area (TPSA) is 3.24 Å². The molecule has 0 bridgehead atoms. The van der Waals surface area contributed by atoms with Gasteiger partial charge in [0.2, 0.25) is 0 Å². The number of benzene rings is 9. The van der Waals surface area contributed by atoms with Crippen molar-refractivity contribution in [3.8, 4) is 22.3 Å². The highest BCUT2D eigenvalue weighted by atomic mass is 15.1. The highest BCUT2D eigenvalue weighted by molar-refractivity contribution is 5.92. The Morgan fingerprint density at radius 2 is 0.697 bits per heavy atom. The molecule has 1 heteroatoms. The highest BCUT2D eigenvalue weighted by Crippen LogP contribution is 2.60. The maximum Gasteiger partial charge on any atom is 0.0714 e. The van der Waals surface area contributed by atoms with Crippen LogP contribution in [0.15, 0.2) is 206 Å². The molecule has 0 saturated heterocycles. The van der Waals surface area contributed by atoms with E-state index in [0.717, 1.165) is 17.1 Å². The number of anilines is 3. The van der Waals surface area contributed by atoms with Gasteiger partial charge in [-0.3, -0.25) is 0 Å². The van der Waals surface area contributed by atoms with Crippen molar-refractivity contribution < 1.29 is 0 Å². The van der Waals surface area contributed by atoms with Crippen LogP contribution in [0.5, 0.6) is 0 Å². The first kappa shape index (κ1) is 49.6. The van der Waals surface area contributed by atoms with E-state index in [4.69, 9.17) is 0 Å². The SMILES string of the molecule is CC(C)(C)c1ccc(C2(c3ccccc3)c3cc(N(c4ccc(C5CC5)cc4)c4ccc5c(c4)C(c4cccc(C(C)(C)C)c4)(c4cccc(C(C)(C)C)c4)c4ccccc4-5)ccc3-c3ccc(C(C)(C)C)cc32)cc1. The normalized spacial score (nSPS) is 16.7. The van der Waals surface area contributed by atoms with E-state index in [1.54, 1.807) is 0 Å². The van der Waals surface area contributed by atoms with Crippen molar-refractivity contribution in [2.45, 2.75) is 134 Å². The Balaban J connectivity index is 1.15. The lowest BCUT2D eigenvalue weighted by Gasteiger charge is -2.37. The molecule has 9 aromatic carbocycles. The van der Waals surface area contributed by atoms with Crippen LogP contribution in [-0.4, -0.2) is 0 Å². The first-order chi connectivity index (χ1) is 36.2. The van der Waals surface area contributed by atoms with Gasteiger partial charge in [-0.1, -0.05) is 253 Å². The Hall–Kier alpha value is -7.22. The standard InChI is InChI=1S/C75H75N/c1-70(2,3)51-32-34-53(35-33-51)74(52-20-14-13-15-21-52)67-46-56(73(10,11)12)36-41-63(67)65-43-40-60(47-68(65)74)76(59-37-30-50(31-38-59)49-28-29-49)61-39-42-64-62-26-16-17-27-66(62)75(69(64)48-61,57-24-18-22-54(44-57)71(4,5)6)58-25-19-23-55(45-58)72(7,8)9/h13-27,30-49H,28-29H2,1-12H3. The molecule has 12 rings (SSSR count). The van der Waals surface area contributed by atoms with Crippen molar-refractivity contribution in [3.05, 3.63) is 279 Å². The average Bonchev–Trinajstić information content (AvgIpc) is 4.23. The minimum absolute atomic E-state index is 0.0195. The molecule has 0 heterocycles. The highest BCUT2D eigenvalue weighted by Gasteiger charge is 2.49. The quantitative estimate of drug-likeness (QED) is 0.147. The molecule has 0 aromatic heterocycles. The molecule has 1 fully saturated rings. The third-order valence-corrected chi connectivity index (χ3v) is 17.4. The fraction of sp³-hybridized carbons (Fsp3) is 0.280. The van der Waals surface area contributed by atoms with Crippen LogP contribution < -0.4 is 4.90 Å². The van der Waals surface area contributed by atoms with Crippen LogP contribution in [-0.2, 0) is 32.5 Å². The van der Waals surface area contributed by atoms with E-state index < -0.39 is 10.8 Å². The van der Waals surface area contributed by atoms with Gasteiger partial charge in [-0.05, 0) is 171 Å². The smallest absolute Gasteiger partial charge is 0.0714 e. The van der Waals surface area contributed by atoms with Gasteiger partial charge in [0, 0.05) is 17.1 Å². The zero-order valence-electron chi connectivity index (χ0n) is 47.1. The summed E-state index contributed by atoms with van der Waals surface area (Å²) in [5.74, 6) is 0.655. The van der Waals surface area contributed by atoms with Crippen LogP contribution in [0.25, 0.3) is 22.3 Å². The molecule has 380 valence electrons. The summed E-state index contributed by atoms with van der Waals surface area (Å²) in [5.41, 5.74) is 24.5. The van der Waals surface area contributed by atoms with Crippen LogP contribution in [0, 0.1) is 0 Å². The van der Waals surface area contributed by atoms with E-state index in [2.05, 4.69) is 294 Å². The van der Waals surface area contributed by atoms with Crippen LogP contribution >= 0.6 is 0 Å². The van der Waals surface area contributed by atoms with Gasteiger partial charge in [-0.25, -0.2) is 0 Å². The third-order valence-electron chi connectivity index (χ3n) is 17.4. The summed E-state index contributed by atoms with van der Waals surface area (Å²) in [5, 5.41) is 0. The molecular formula is C75H75N. The molecule has 1 unspecified atom stereocenters. The molecule has 0 spiro atoms. The minimum Gasteiger partial charge on any atom is -0.310 e. The molecule has 9 aromatic rings. The Bertz CT molecular complexity index is 3610. The lowest BCUT2D eigenvalue weighted by molar-refractivity contribution is 0.585. The maximum absolute atomic E-state index is 2.56. The number of hydrogen-bond acceptors (Lipinski definition) is 1. The predicted octanol–water partition coefficient (Wildman–Crippen LogP) is 19.9. The van der Waals surface area contributed by atoms with Crippen molar-refractivity contribution in [2.75, 3.05) is 4.90 Å². The van der Waals surface area contributed by atoms with Crippen LogP contribution in [0.4, 0.5) is 17.1 Å². The molecule has 76 heavy (non-hydrogen) atoms. The summed E-state index contributed by atoms with van der Waals surface area (Å²) >= 11 is 0. The second-order valence-corrected chi connectivity index (χ2v) is 26.6. The largest absolute Gasteiger partial charge is 0.310 e. The van der Waals surface area contributed by atoms with Crippen molar-refractivity contribution in [1.29, 1.82) is 0 Å². The van der Waals surface area contributed by atoms with E-state index >= 15 is 0 Å². The van der Waals surface area contributed by atoms with E-state index in [0.29, 0.717) is 5.92 Å². The molecule has 0 aliphatic heterocycles. The third kappa shape index (κ3) is 8.02. The van der Waals surface area contributed by atoms with Gasteiger partial charge in [0.15, 0.2) is 0 Å². The fourth-order valence-corrected chi connectivity index (χ4v) is 13.0. The van der Waals surface area contributed by atoms with Gasteiger partial charge in [0.05, 0.1) is 10.8 Å². The van der Waals surface area contributed by atoms with Crippen LogP contribution in [0.2, 0.25) is 0 Å². The Morgan fingerprint density at radius 3 is 1.21 bits per heavy atom. The summed E-state index contributed by atoms with van der Waals surface area (Å²) in [6, 6.07) is 80.9. The van der Waals surface area contributed by atoms with E-state index in [9.17, 15) is 0 Å². The molecule has 1 saturated carbocycles. The summed E-state index contributed by atoms with van der Waals surface area (Å²) < 4.78 is 0. The number of rotatable bonds is 8. The molecule has 1 nitrogen and oxygen atoms in total. The van der Waals surface area contributed by atoms with Crippen LogP contribution in [0.3, 0.4) is 0 Å². The summed E-state index contributed by atoms with van der Waals surface area (Å²) in [4.78, 5) is 2.56. The summed E-state index contributed by atoms with van der Waals surface area (Å²) in [6.45, 7) is 28.0. The molecule has 1 atom stereocenters. The summed E-state index contributed by atoms with van der Waals surface area (Å²) in [6.07, 6.45) is 2.54. The molecule has 0 amide bonds. The Morgan fingerprint density at radius 1 is 0.303 bits per heavy atom. The van der Waals surface area contributed by atoms with Crippen molar-refractivity contribution in [2.24, 2.45) is 0 Å². The fourth-order valence-electron chi connectivity index (χ4n) is 13.0. The van der Waals surface area contributed by atoms with Crippen molar-refractivity contribution in [1.82, 2.24) is 0 Å². The van der Waals surface area contributed by atoms with Gasteiger partial charge in [0.25, 0.3) is 0 Å². The van der Waals surface area contributed by atoms with Gasteiger partial charge in [0.1, 0.15) is 0 Å². The maximum atomic E-state index is 2.56. The Kier molecular flexibility index (Phi) is 11.5. The lowest BCUT2D eigenvalue weighted by Crippen LogP contribution is -2.30. The first-order valence-electron chi connectivity index (χ1n) is 28.0. The van der Waals surface area contributed by atoms with Crippen molar-refractivity contribution in [3.63, 3.8) is 0 Å². The number of fused-ring (bicyclic) bond motifs is 6. The van der Waals surface area contributed by atoms with Gasteiger partial charge in [-0.2, -0.15) is 0 Å². The van der Waals surface area contributed by atoms with Gasteiger partial charge < -0.3 is 4.90 Å². The molecule has 0 radical (unpaired) electrons. The van der Waals surface area contributed by atoms with Crippen molar-refractivity contribution >= 4 is 17.1 Å². The molecular weight excluding hydrogens is 915 g/mol. The van der Waals surface area contributed by atoms with Gasteiger partial charge in [-0.15, -0.1) is 0 Å². The number of hydrogen-bond donors (Lipinski definition) is 0. The Labute approximate surface area is 454 Å². The minimum atomic E-state index is -0.599. The first-order valence-corrected chi connectivity index (χ1v) is 28.0. The summed E-state index contributed by atoms with van der Waals surface area (Å²) in [7, 11) is 0. The van der Waals surface area contributed by atoms with E-state index in [-0.39, 0.29) is 21.7 Å².